The van der Waals surface area contributed by atoms with Gasteiger partial charge in [-0.1, -0.05) is 29.8 Å². The number of nitrogens with one attached hydrogen (secondary N) is 2. The molecule has 1 aliphatic heterocycles. The number of nitrogens with two attached hydrogens (primary N) is 1. The molecule has 1 aromatic carbocycles. The van der Waals surface area contributed by atoms with Crippen LogP contribution < -0.4 is 16.4 Å². The summed E-state index contributed by atoms with van der Waals surface area (Å²) in [5.41, 5.74) is 9.24. The third-order valence-electron chi connectivity index (χ3n) is 7.26. The van der Waals surface area contributed by atoms with E-state index >= 15 is 0 Å². The van der Waals surface area contributed by atoms with Gasteiger partial charge in [0.25, 0.3) is 5.91 Å². The molecule has 0 radical (unpaired) electrons. The average molecular weight is 535 g/mol. The molecule has 0 spiro atoms. The van der Waals surface area contributed by atoms with E-state index < -0.39 is 6.03 Å². The zero-order valence-electron chi connectivity index (χ0n) is 23.1. The number of carbonyl (C=O) groups is 3. The Morgan fingerprint density at radius 3 is 2.56 bits per heavy atom. The summed E-state index contributed by atoms with van der Waals surface area (Å²) in [6.45, 7) is 5.73. The van der Waals surface area contributed by atoms with Gasteiger partial charge >= 0.3 is 6.03 Å². The monoisotopic (exact) mass is 534 g/mol. The number of aryl methyl sites for hydroxylation is 2. The summed E-state index contributed by atoms with van der Waals surface area (Å²) in [4.78, 5) is 45.6. The Hall–Kier alpha value is -4.15. The molecule has 1 aliphatic rings. The highest BCUT2D eigenvalue weighted by Gasteiger charge is 2.26. The van der Waals surface area contributed by atoms with Crippen molar-refractivity contribution >= 4 is 34.6 Å². The third-order valence-corrected chi connectivity index (χ3v) is 7.26. The first-order valence-corrected chi connectivity index (χ1v) is 13.4. The normalized spacial score (nSPS) is 14.7. The fourth-order valence-electron chi connectivity index (χ4n) is 4.97. The first kappa shape index (κ1) is 27.9. The molecule has 3 aromatic rings. The van der Waals surface area contributed by atoms with Crippen molar-refractivity contribution in [3.63, 3.8) is 0 Å². The van der Waals surface area contributed by atoms with E-state index in [-0.39, 0.29) is 23.9 Å². The molecule has 1 unspecified atom stereocenters. The van der Waals surface area contributed by atoms with Crippen LogP contribution in [0.25, 0.3) is 11.0 Å². The Balaban J connectivity index is 1.64. The molecule has 39 heavy (non-hydrogen) atoms. The molecule has 208 valence electrons. The number of aromatic nitrogens is 3. The van der Waals surface area contributed by atoms with Crippen LogP contribution in [0, 0.1) is 6.92 Å². The fraction of sp³-hybridized carbons (Fsp3) is 0.464. The minimum absolute atomic E-state index is 0.00151. The average Bonchev–Trinajstić information content (AvgIpc) is 3.34. The quantitative estimate of drug-likeness (QED) is 0.386. The van der Waals surface area contributed by atoms with Crippen LogP contribution in [0.15, 0.2) is 36.7 Å². The minimum atomic E-state index is -0.418. The third kappa shape index (κ3) is 6.47. The summed E-state index contributed by atoms with van der Waals surface area (Å²) in [7, 11) is 3.46. The number of fused-ring (bicyclic) bond motifs is 1. The maximum absolute atomic E-state index is 13.8. The summed E-state index contributed by atoms with van der Waals surface area (Å²) in [5, 5.41) is 12.0. The first-order chi connectivity index (χ1) is 18.7. The second kappa shape index (κ2) is 12.1. The molecule has 4 N–H and O–H groups in total. The number of urea groups is 1. The van der Waals surface area contributed by atoms with Crippen LogP contribution in [-0.2, 0) is 11.3 Å². The van der Waals surface area contributed by atoms with Crippen molar-refractivity contribution in [1.82, 2.24) is 29.9 Å². The summed E-state index contributed by atoms with van der Waals surface area (Å²) in [5.74, 6) is -0.281. The SMILES string of the molecule is CCn1ncc2c(NC3CCN(C(N)=O)CC3)c(C(=O)NC(CCC(=O)N(C)C)c3cccc(C)c3)cnc21. The second-order valence-electron chi connectivity index (χ2n) is 10.3. The molecule has 2 aromatic heterocycles. The molecule has 4 amide bonds. The number of nitrogens with zero attached hydrogens (tertiary/aromatic N) is 5. The van der Waals surface area contributed by atoms with Gasteiger partial charge in [-0.05, 0) is 38.7 Å². The lowest BCUT2D eigenvalue weighted by atomic mass is 9.99. The smallest absolute Gasteiger partial charge is 0.314 e. The highest BCUT2D eigenvalue weighted by Crippen LogP contribution is 2.30. The topological polar surface area (TPSA) is 138 Å². The second-order valence-corrected chi connectivity index (χ2v) is 10.3. The molecule has 0 aliphatic carbocycles. The molecule has 1 fully saturated rings. The number of likely N-dealkylation sites (tertiary alicyclic amines) is 1. The van der Waals surface area contributed by atoms with Crippen LogP contribution in [0.2, 0.25) is 0 Å². The maximum atomic E-state index is 13.8. The van der Waals surface area contributed by atoms with Crippen molar-refractivity contribution in [3.05, 3.63) is 53.3 Å². The number of benzene rings is 1. The van der Waals surface area contributed by atoms with Gasteiger partial charge in [0.2, 0.25) is 5.91 Å². The van der Waals surface area contributed by atoms with E-state index in [1.165, 1.54) is 0 Å². The number of hydrogen-bond acceptors (Lipinski definition) is 6. The van der Waals surface area contributed by atoms with Crippen molar-refractivity contribution in [2.45, 2.75) is 58.2 Å². The van der Waals surface area contributed by atoms with Crippen molar-refractivity contribution in [2.24, 2.45) is 5.73 Å². The Kier molecular flexibility index (Phi) is 8.68. The Labute approximate surface area is 228 Å². The highest BCUT2D eigenvalue weighted by molar-refractivity contribution is 6.06. The van der Waals surface area contributed by atoms with E-state index in [9.17, 15) is 14.4 Å². The Morgan fingerprint density at radius 2 is 1.92 bits per heavy atom. The Morgan fingerprint density at radius 1 is 1.18 bits per heavy atom. The molecule has 1 atom stereocenters. The largest absolute Gasteiger partial charge is 0.381 e. The Bertz CT molecular complexity index is 1340. The molecular weight excluding hydrogens is 496 g/mol. The number of piperidine rings is 1. The van der Waals surface area contributed by atoms with Gasteiger partial charge < -0.3 is 26.2 Å². The molecule has 4 rings (SSSR count). The van der Waals surface area contributed by atoms with Gasteiger partial charge in [0.05, 0.1) is 28.9 Å². The van der Waals surface area contributed by atoms with Crippen LogP contribution in [0.5, 0.6) is 0 Å². The predicted molar refractivity (Wildman–Crippen MR) is 150 cm³/mol. The van der Waals surface area contributed by atoms with E-state index in [1.807, 2.05) is 38.1 Å². The first-order valence-electron chi connectivity index (χ1n) is 13.4. The summed E-state index contributed by atoms with van der Waals surface area (Å²) in [6.07, 6.45) is 5.49. The molecular formula is C28H38N8O3. The van der Waals surface area contributed by atoms with Gasteiger partial charge in [-0.3, -0.25) is 9.59 Å². The molecule has 11 nitrogen and oxygen atoms in total. The number of primary amides is 1. The van der Waals surface area contributed by atoms with E-state index in [1.54, 1.807) is 41.0 Å². The number of pyridine rings is 1. The van der Waals surface area contributed by atoms with E-state index in [4.69, 9.17) is 5.73 Å². The number of anilines is 1. The fourth-order valence-corrected chi connectivity index (χ4v) is 4.97. The lowest BCUT2D eigenvalue weighted by Gasteiger charge is -2.32. The van der Waals surface area contributed by atoms with Crippen molar-refractivity contribution in [3.8, 4) is 0 Å². The summed E-state index contributed by atoms with van der Waals surface area (Å²) >= 11 is 0. The van der Waals surface area contributed by atoms with Gasteiger partial charge in [-0.25, -0.2) is 14.5 Å². The summed E-state index contributed by atoms with van der Waals surface area (Å²) in [6, 6.07) is 7.23. The van der Waals surface area contributed by atoms with E-state index in [0.29, 0.717) is 62.2 Å². The van der Waals surface area contributed by atoms with Crippen molar-refractivity contribution < 1.29 is 14.4 Å². The van der Waals surface area contributed by atoms with Crippen molar-refractivity contribution in [1.29, 1.82) is 0 Å². The predicted octanol–water partition coefficient (Wildman–Crippen LogP) is 3.05. The number of rotatable bonds is 9. The van der Waals surface area contributed by atoms with Gasteiger partial charge in [-0.2, -0.15) is 5.10 Å². The molecule has 1 saturated heterocycles. The molecule has 0 saturated carbocycles. The van der Waals surface area contributed by atoms with Crippen LogP contribution >= 0.6 is 0 Å². The zero-order chi connectivity index (χ0) is 28.1. The van der Waals surface area contributed by atoms with Gasteiger partial charge in [-0.15, -0.1) is 0 Å². The van der Waals surface area contributed by atoms with Crippen molar-refractivity contribution in [2.75, 3.05) is 32.5 Å². The lowest BCUT2D eigenvalue weighted by Crippen LogP contribution is -2.45. The van der Waals surface area contributed by atoms with Gasteiger partial charge in [0, 0.05) is 52.4 Å². The van der Waals surface area contributed by atoms with Crippen LogP contribution in [0.4, 0.5) is 10.5 Å². The summed E-state index contributed by atoms with van der Waals surface area (Å²) < 4.78 is 1.79. The molecule has 0 bridgehead atoms. The zero-order valence-corrected chi connectivity index (χ0v) is 23.1. The number of amides is 4. The molecule has 11 heteroatoms. The van der Waals surface area contributed by atoms with Crippen LogP contribution in [-0.4, -0.2) is 75.6 Å². The minimum Gasteiger partial charge on any atom is -0.381 e. The van der Waals surface area contributed by atoms with Gasteiger partial charge in [0.1, 0.15) is 0 Å². The van der Waals surface area contributed by atoms with Gasteiger partial charge in [0.15, 0.2) is 5.65 Å². The van der Waals surface area contributed by atoms with Crippen LogP contribution in [0.3, 0.4) is 0 Å². The maximum Gasteiger partial charge on any atom is 0.314 e. The number of carbonyl (C=O) groups excluding carboxylic acids is 3. The van der Waals surface area contributed by atoms with E-state index in [2.05, 4.69) is 20.7 Å². The number of hydrogen-bond donors (Lipinski definition) is 3. The standard InChI is InChI=1S/C28H38N8O3/c1-5-36-26-21(17-31-36)25(32-20-11-13-35(14-12-20)28(29)39)22(16-30-26)27(38)33-23(9-10-24(37)34(3)4)19-8-6-7-18(2)15-19/h6-8,15-17,20,23H,5,9-14H2,1-4H3,(H2,29,39)(H,30,32)(H,33,38). The molecule has 3 heterocycles. The highest BCUT2D eigenvalue weighted by atomic mass is 16.2. The lowest BCUT2D eigenvalue weighted by molar-refractivity contribution is -0.128. The van der Waals surface area contributed by atoms with Crippen LogP contribution in [0.1, 0.15) is 60.1 Å². The van der Waals surface area contributed by atoms with E-state index in [0.717, 1.165) is 16.5 Å².